The van der Waals surface area contributed by atoms with Crippen LogP contribution in [0.3, 0.4) is 0 Å². The van der Waals surface area contributed by atoms with Gasteiger partial charge in [-0.05, 0) is 37.6 Å². The van der Waals surface area contributed by atoms with Crippen LogP contribution in [-0.4, -0.2) is 30.4 Å². The molecule has 1 amide bonds. The largest absolute Gasteiger partial charge is 0.383 e. The quantitative estimate of drug-likeness (QED) is 0.626. The van der Waals surface area contributed by atoms with E-state index in [0.717, 1.165) is 29.1 Å². The van der Waals surface area contributed by atoms with Crippen LogP contribution in [0, 0.1) is 19.7 Å². The Hall–Kier alpha value is -2.47. The summed E-state index contributed by atoms with van der Waals surface area (Å²) in [6.45, 7) is 5.44. The number of rotatable bonds is 7. The molecule has 0 fully saturated rings. The van der Waals surface area contributed by atoms with Crippen molar-refractivity contribution in [2.45, 2.75) is 26.8 Å². The zero-order valence-electron chi connectivity index (χ0n) is 14.2. The normalized spacial score (nSPS) is 11.2. The number of ether oxygens (including phenoxy) is 1. The zero-order valence-corrected chi connectivity index (χ0v) is 14.2. The van der Waals surface area contributed by atoms with Crippen LogP contribution in [0.2, 0.25) is 0 Å². The van der Waals surface area contributed by atoms with Gasteiger partial charge in [0.15, 0.2) is 0 Å². The molecule has 128 valence electrons. The van der Waals surface area contributed by atoms with E-state index in [0.29, 0.717) is 6.61 Å². The summed E-state index contributed by atoms with van der Waals surface area (Å²) >= 11 is 0. The smallest absolute Gasteiger partial charge is 0.244 e. The van der Waals surface area contributed by atoms with Gasteiger partial charge < -0.3 is 9.30 Å². The summed E-state index contributed by atoms with van der Waals surface area (Å²) in [6, 6.07) is 7.85. The predicted molar refractivity (Wildman–Crippen MR) is 91.6 cm³/mol. The molecule has 0 aliphatic carbocycles. The maximum absolute atomic E-state index is 12.8. The molecule has 6 heteroatoms. The van der Waals surface area contributed by atoms with E-state index >= 15 is 0 Å². The monoisotopic (exact) mass is 331 g/mol. The van der Waals surface area contributed by atoms with Crippen LogP contribution in [0.1, 0.15) is 22.5 Å². The number of nitrogens with one attached hydrogen (secondary N) is 1. The lowest BCUT2D eigenvalue weighted by Crippen LogP contribution is -2.19. The van der Waals surface area contributed by atoms with Crippen molar-refractivity contribution in [1.82, 2.24) is 9.99 Å². The van der Waals surface area contributed by atoms with E-state index in [1.807, 2.05) is 19.9 Å². The van der Waals surface area contributed by atoms with Crippen molar-refractivity contribution in [2.75, 3.05) is 13.7 Å². The summed E-state index contributed by atoms with van der Waals surface area (Å²) < 4.78 is 20.1. The van der Waals surface area contributed by atoms with Crippen LogP contribution in [0.15, 0.2) is 35.4 Å². The first-order valence-corrected chi connectivity index (χ1v) is 7.73. The lowest BCUT2D eigenvalue weighted by Gasteiger charge is -2.08. The van der Waals surface area contributed by atoms with Crippen LogP contribution >= 0.6 is 0 Å². The fraction of sp³-hybridized carbons (Fsp3) is 0.333. The number of hydrogen-bond donors (Lipinski definition) is 1. The number of nitrogens with zero attached hydrogens (tertiary/aromatic N) is 2. The van der Waals surface area contributed by atoms with Gasteiger partial charge in [0, 0.05) is 30.6 Å². The minimum atomic E-state index is -0.319. The molecule has 0 saturated carbocycles. The molecule has 0 aliphatic rings. The number of hydrogen-bond acceptors (Lipinski definition) is 3. The van der Waals surface area contributed by atoms with Crippen molar-refractivity contribution >= 4 is 12.1 Å². The average molecular weight is 331 g/mol. The fourth-order valence-corrected chi connectivity index (χ4v) is 2.49. The van der Waals surface area contributed by atoms with Gasteiger partial charge in [0.05, 0.1) is 19.2 Å². The molecular weight excluding hydrogens is 309 g/mol. The minimum Gasteiger partial charge on any atom is -0.383 e. The molecule has 1 heterocycles. The van der Waals surface area contributed by atoms with Crippen molar-refractivity contribution in [1.29, 1.82) is 0 Å². The second kappa shape index (κ2) is 8.40. The Balaban J connectivity index is 1.93. The second-order valence-corrected chi connectivity index (χ2v) is 5.57. The Morgan fingerprint density at radius 2 is 2.04 bits per heavy atom. The summed E-state index contributed by atoms with van der Waals surface area (Å²) in [7, 11) is 1.67. The number of carbonyl (C=O) groups is 1. The third kappa shape index (κ3) is 4.76. The summed E-state index contributed by atoms with van der Waals surface area (Å²) in [5.41, 5.74) is 6.37. The van der Waals surface area contributed by atoms with Crippen molar-refractivity contribution in [2.24, 2.45) is 5.10 Å². The van der Waals surface area contributed by atoms with Gasteiger partial charge >= 0.3 is 0 Å². The SMILES string of the molecule is COCCn1c(C)cc(/C=N/NC(=O)Cc2ccc(F)cc2)c1C. The molecule has 0 atom stereocenters. The van der Waals surface area contributed by atoms with Crippen LogP contribution in [0.4, 0.5) is 4.39 Å². The number of aryl methyl sites for hydroxylation is 1. The van der Waals surface area contributed by atoms with E-state index < -0.39 is 0 Å². The van der Waals surface area contributed by atoms with Gasteiger partial charge in [-0.1, -0.05) is 12.1 Å². The van der Waals surface area contributed by atoms with Crippen molar-refractivity contribution in [3.05, 3.63) is 58.7 Å². The Kier molecular flexibility index (Phi) is 6.26. The molecule has 0 bridgehead atoms. The average Bonchev–Trinajstić information content (AvgIpc) is 2.82. The van der Waals surface area contributed by atoms with Gasteiger partial charge in [0.25, 0.3) is 0 Å². The number of aromatic nitrogens is 1. The number of carbonyl (C=O) groups excluding carboxylic acids is 1. The maximum Gasteiger partial charge on any atom is 0.244 e. The second-order valence-electron chi connectivity index (χ2n) is 5.57. The van der Waals surface area contributed by atoms with Gasteiger partial charge in [-0.25, -0.2) is 9.82 Å². The minimum absolute atomic E-state index is 0.157. The van der Waals surface area contributed by atoms with E-state index in [1.165, 1.54) is 12.1 Å². The van der Waals surface area contributed by atoms with E-state index in [-0.39, 0.29) is 18.1 Å². The number of methoxy groups -OCH3 is 1. The van der Waals surface area contributed by atoms with Gasteiger partial charge in [0.2, 0.25) is 5.91 Å². The fourth-order valence-electron chi connectivity index (χ4n) is 2.49. The van der Waals surface area contributed by atoms with E-state index in [9.17, 15) is 9.18 Å². The third-order valence-electron chi connectivity index (χ3n) is 3.80. The Morgan fingerprint density at radius 3 is 2.71 bits per heavy atom. The Labute approximate surface area is 141 Å². The molecule has 1 aromatic carbocycles. The summed E-state index contributed by atoms with van der Waals surface area (Å²) in [4.78, 5) is 11.8. The Morgan fingerprint density at radius 1 is 1.33 bits per heavy atom. The van der Waals surface area contributed by atoms with Crippen molar-refractivity contribution in [3.63, 3.8) is 0 Å². The van der Waals surface area contributed by atoms with Gasteiger partial charge in [-0.2, -0.15) is 5.10 Å². The highest BCUT2D eigenvalue weighted by Crippen LogP contribution is 2.13. The van der Waals surface area contributed by atoms with Crippen LogP contribution in [0.5, 0.6) is 0 Å². The molecule has 0 unspecified atom stereocenters. The number of hydrazone groups is 1. The predicted octanol–water partition coefficient (Wildman–Crippen LogP) is 2.58. The molecule has 0 saturated heterocycles. The highest BCUT2D eigenvalue weighted by Gasteiger charge is 2.07. The molecule has 1 aromatic heterocycles. The molecule has 5 nitrogen and oxygen atoms in total. The third-order valence-corrected chi connectivity index (χ3v) is 3.80. The highest BCUT2D eigenvalue weighted by molar-refractivity contribution is 5.84. The molecule has 0 spiro atoms. The zero-order chi connectivity index (χ0) is 17.5. The van der Waals surface area contributed by atoms with Crippen LogP contribution in [-0.2, 0) is 22.5 Å². The van der Waals surface area contributed by atoms with E-state index in [1.54, 1.807) is 25.5 Å². The van der Waals surface area contributed by atoms with Gasteiger partial charge in [-0.15, -0.1) is 0 Å². The molecule has 2 rings (SSSR count). The first-order chi connectivity index (χ1) is 11.5. The van der Waals surface area contributed by atoms with Gasteiger partial charge in [-0.3, -0.25) is 4.79 Å². The van der Waals surface area contributed by atoms with Crippen molar-refractivity contribution < 1.29 is 13.9 Å². The first-order valence-electron chi connectivity index (χ1n) is 7.73. The highest BCUT2D eigenvalue weighted by atomic mass is 19.1. The molecule has 24 heavy (non-hydrogen) atoms. The number of amides is 1. The first kappa shape index (κ1) is 17.9. The van der Waals surface area contributed by atoms with Crippen LogP contribution < -0.4 is 5.43 Å². The number of halogens is 1. The maximum atomic E-state index is 12.8. The van der Waals surface area contributed by atoms with Crippen molar-refractivity contribution in [3.8, 4) is 0 Å². The molecule has 1 N–H and O–H groups in total. The lowest BCUT2D eigenvalue weighted by molar-refractivity contribution is -0.120. The van der Waals surface area contributed by atoms with Crippen LogP contribution in [0.25, 0.3) is 0 Å². The number of benzene rings is 1. The van der Waals surface area contributed by atoms with E-state index in [4.69, 9.17) is 4.74 Å². The standard InChI is InChI=1S/C18H22FN3O2/c1-13-10-16(14(2)22(13)8-9-24-3)12-20-21-18(23)11-15-4-6-17(19)7-5-15/h4-7,10,12H,8-9,11H2,1-3H3,(H,21,23)/b20-12+. The van der Waals surface area contributed by atoms with E-state index in [2.05, 4.69) is 15.1 Å². The summed E-state index contributed by atoms with van der Waals surface area (Å²) in [5.74, 6) is -0.563. The summed E-state index contributed by atoms with van der Waals surface area (Å²) in [5, 5.41) is 4.01. The lowest BCUT2D eigenvalue weighted by atomic mass is 10.1. The topological polar surface area (TPSA) is 55.6 Å². The molecule has 0 aliphatic heterocycles. The molecule has 2 aromatic rings. The molecule has 0 radical (unpaired) electrons. The molecular formula is C18H22FN3O2. The van der Waals surface area contributed by atoms with Gasteiger partial charge in [0.1, 0.15) is 5.82 Å². The summed E-state index contributed by atoms with van der Waals surface area (Å²) in [6.07, 6.45) is 1.79. The Bertz CT molecular complexity index is 721.